The number of carbonyl (C=O) groups excluding carboxylic acids is 1. The molecule has 2 aromatic carbocycles. The van der Waals surface area contributed by atoms with E-state index in [0.717, 1.165) is 25.8 Å². The van der Waals surface area contributed by atoms with Gasteiger partial charge in [-0.25, -0.2) is 4.98 Å². The van der Waals surface area contributed by atoms with Crippen molar-refractivity contribution < 1.29 is 4.79 Å². The molecule has 24 heavy (non-hydrogen) atoms. The molecule has 0 N–H and O–H groups in total. The summed E-state index contributed by atoms with van der Waals surface area (Å²) < 4.78 is 1.18. The van der Waals surface area contributed by atoms with Gasteiger partial charge in [0.1, 0.15) is 5.01 Å². The molecule has 0 radical (unpaired) electrons. The molecule has 0 unspecified atom stereocenters. The van der Waals surface area contributed by atoms with Gasteiger partial charge >= 0.3 is 0 Å². The molecular weight excluding hydrogens is 334 g/mol. The summed E-state index contributed by atoms with van der Waals surface area (Å²) in [5.41, 5.74) is 1.74. The van der Waals surface area contributed by atoms with Gasteiger partial charge in [-0.05, 0) is 36.4 Å². The van der Waals surface area contributed by atoms with Crippen LogP contribution < -0.4 is 0 Å². The highest BCUT2D eigenvalue weighted by Gasteiger charge is 2.10. The van der Waals surface area contributed by atoms with Crippen molar-refractivity contribution in [1.29, 1.82) is 0 Å². The van der Waals surface area contributed by atoms with E-state index in [2.05, 4.69) is 11.1 Å². The van der Waals surface area contributed by atoms with Crippen LogP contribution in [0.1, 0.15) is 25.1 Å². The van der Waals surface area contributed by atoms with E-state index < -0.39 is 0 Å². The topological polar surface area (TPSA) is 30.0 Å². The summed E-state index contributed by atoms with van der Waals surface area (Å²) in [4.78, 5) is 18.8. The normalized spacial score (nSPS) is 11.3. The van der Waals surface area contributed by atoms with Crippen LogP contribution in [0.5, 0.6) is 0 Å². The van der Waals surface area contributed by atoms with E-state index in [1.807, 2.05) is 72.8 Å². The van der Waals surface area contributed by atoms with Crippen molar-refractivity contribution in [2.45, 2.75) is 0 Å². The number of thiazole rings is 1. The van der Waals surface area contributed by atoms with Gasteiger partial charge in [-0.15, -0.1) is 22.7 Å². The summed E-state index contributed by atoms with van der Waals surface area (Å²) in [6.07, 6.45) is 4.03. The molecule has 0 aliphatic carbocycles. The predicted octanol–water partition coefficient (Wildman–Crippen LogP) is 5.76. The minimum absolute atomic E-state index is 0.0697. The Kier molecular flexibility index (Phi) is 4.07. The van der Waals surface area contributed by atoms with E-state index in [4.69, 9.17) is 0 Å². The standard InChI is InChI=1S/C20H13NOS2/c22-20(14-6-2-1-3-7-14)18-12-10-15(23-18)11-13-19-21-16-8-4-5-9-17(16)24-19/h1-13H. The highest BCUT2D eigenvalue weighted by molar-refractivity contribution is 7.19. The Hall–Kier alpha value is -2.56. The molecule has 0 aliphatic rings. The van der Waals surface area contributed by atoms with E-state index in [1.165, 1.54) is 16.0 Å². The minimum Gasteiger partial charge on any atom is -0.288 e. The highest BCUT2D eigenvalue weighted by atomic mass is 32.1. The molecule has 2 nitrogen and oxygen atoms in total. The van der Waals surface area contributed by atoms with Crippen LogP contribution in [0.25, 0.3) is 22.4 Å². The van der Waals surface area contributed by atoms with Crippen LogP contribution in [0.2, 0.25) is 0 Å². The first kappa shape index (κ1) is 15.0. The fourth-order valence-electron chi connectivity index (χ4n) is 2.41. The second-order valence-corrected chi connectivity index (χ2v) is 7.43. The lowest BCUT2D eigenvalue weighted by Crippen LogP contribution is -1.97. The zero-order valence-electron chi connectivity index (χ0n) is 12.7. The van der Waals surface area contributed by atoms with Crippen LogP contribution in [0.4, 0.5) is 0 Å². The van der Waals surface area contributed by atoms with Gasteiger partial charge < -0.3 is 0 Å². The Morgan fingerprint density at radius 1 is 0.833 bits per heavy atom. The fraction of sp³-hybridized carbons (Fsp3) is 0. The van der Waals surface area contributed by atoms with Gasteiger partial charge in [-0.2, -0.15) is 0 Å². The summed E-state index contributed by atoms with van der Waals surface area (Å²) in [5.74, 6) is 0.0697. The summed E-state index contributed by atoms with van der Waals surface area (Å²) >= 11 is 3.17. The first-order valence-corrected chi connectivity index (χ1v) is 9.16. The minimum atomic E-state index is 0.0697. The number of rotatable bonds is 4. The quantitative estimate of drug-likeness (QED) is 0.439. The monoisotopic (exact) mass is 347 g/mol. The molecular formula is C20H13NOS2. The molecule has 4 rings (SSSR count). The average Bonchev–Trinajstić information content (AvgIpc) is 3.26. The molecule has 0 atom stereocenters. The molecule has 4 heteroatoms. The van der Waals surface area contributed by atoms with Gasteiger partial charge in [0.05, 0.1) is 15.1 Å². The maximum absolute atomic E-state index is 12.4. The van der Waals surface area contributed by atoms with E-state index in [0.29, 0.717) is 0 Å². The fourth-order valence-corrected chi connectivity index (χ4v) is 4.15. The largest absolute Gasteiger partial charge is 0.288 e. The zero-order valence-corrected chi connectivity index (χ0v) is 14.3. The second kappa shape index (κ2) is 6.51. The van der Waals surface area contributed by atoms with E-state index in [1.54, 1.807) is 11.3 Å². The van der Waals surface area contributed by atoms with Crippen molar-refractivity contribution in [2.24, 2.45) is 0 Å². The summed E-state index contributed by atoms with van der Waals surface area (Å²) in [6, 6.07) is 21.4. The molecule has 0 bridgehead atoms. The van der Waals surface area contributed by atoms with Crippen molar-refractivity contribution in [1.82, 2.24) is 4.98 Å². The number of benzene rings is 2. The number of para-hydroxylation sites is 1. The SMILES string of the molecule is O=C(c1ccccc1)c1ccc(C=Cc2nc3ccccc3s2)s1. The molecule has 0 spiro atoms. The third kappa shape index (κ3) is 3.07. The molecule has 2 heterocycles. The third-order valence-electron chi connectivity index (χ3n) is 3.59. The second-order valence-electron chi connectivity index (χ2n) is 5.25. The molecule has 4 aromatic rings. The number of fused-ring (bicyclic) bond motifs is 1. The Bertz CT molecular complexity index is 995. The van der Waals surface area contributed by atoms with Crippen molar-refractivity contribution in [3.63, 3.8) is 0 Å². The van der Waals surface area contributed by atoms with Gasteiger partial charge in [0.25, 0.3) is 0 Å². The molecule has 116 valence electrons. The maximum atomic E-state index is 12.4. The van der Waals surface area contributed by atoms with Gasteiger partial charge in [0.15, 0.2) is 0 Å². The van der Waals surface area contributed by atoms with E-state index >= 15 is 0 Å². The van der Waals surface area contributed by atoms with Crippen LogP contribution in [0.3, 0.4) is 0 Å². The number of carbonyl (C=O) groups is 1. The zero-order chi connectivity index (χ0) is 16.4. The Labute approximate surface area is 147 Å². The maximum Gasteiger partial charge on any atom is 0.202 e. The molecule has 0 fully saturated rings. The van der Waals surface area contributed by atoms with Crippen molar-refractivity contribution in [2.75, 3.05) is 0 Å². The molecule has 0 aliphatic heterocycles. The summed E-state index contributed by atoms with van der Waals surface area (Å²) in [6.45, 7) is 0. The number of ketones is 1. The van der Waals surface area contributed by atoms with Crippen LogP contribution in [-0.2, 0) is 0 Å². The van der Waals surface area contributed by atoms with Gasteiger partial charge in [0.2, 0.25) is 5.78 Å². The van der Waals surface area contributed by atoms with E-state index in [-0.39, 0.29) is 5.78 Å². The number of hydrogen-bond acceptors (Lipinski definition) is 4. The van der Waals surface area contributed by atoms with Gasteiger partial charge in [-0.1, -0.05) is 42.5 Å². The number of nitrogens with zero attached hydrogens (tertiary/aromatic N) is 1. The Morgan fingerprint density at radius 2 is 1.62 bits per heavy atom. The predicted molar refractivity (Wildman–Crippen MR) is 103 cm³/mol. The smallest absolute Gasteiger partial charge is 0.202 e. The Morgan fingerprint density at radius 3 is 2.46 bits per heavy atom. The van der Waals surface area contributed by atoms with Gasteiger partial charge in [0, 0.05) is 10.4 Å². The summed E-state index contributed by atoms with van der Waals surface area (Å²) in [7, 11) is 0. The van der Waals surface area contributed by atoms with Gasteiger partial charge in [-0.3, -0.25) is 4.79 Å². The molecule has 0 saturated heterocycles. The summed E-state index contributed by atoms with van der Waals surface area (Å²) in [5, 5.41) is 0.973. The first-order chi connectivity index (χ1) is 11.8. The number of hydrogen-bond donors (Lipinski definition) is 0. The number of aromatic nitrogens is 1. The van der Waals surface area contributed by atoms with Crippen LogP contribution >= 0.6 is 22.7 Å². The lowest BCUT2D eigenvalue weighted by molar-refractivity contribution is 0.104. The van der Waals surface area contributed by atoms with Crippen LogP contribution in [0.15, 0.2) is 66.7 Å². The van der Waals surface area contributed by atoms with Crippen molar-refractivity contribution >= 4 is 50.8 Å². The van der Waals surface area contributed by atoms with Crippen LogP contribution in [0, 0.1) is 0 Å². The van der Waals surface area contributed by atoms with Crippen molar-refractivity contribution in [3.8, 4) is 0 Å². The highest BCUT2D eigenvalue weighted by Crippen LogP contribution is 2.25. The first-order valence-electron chi connectivity index (χ1n) is 7.53. The average molecular weight is 347 g/mol. The molecule has 0 amide bonds. The van der Waals surface area contributed by atoms with Crippen LogP contribution in [-0.4, -0.2) is 10.8 Å². The Balaban J connectivity index is 1.55. The third-order valence-corrected chi connectivity index (χ3v) is 5.64. The lowest BCUT2D eigenvalue weighted by atomic mass is 10.1. The molecule has 0 saturated carbocycles. The van der Waals surface area contributed by atoms with E-state index in [9.17, 15) is 4.79 Å². The van der Waals surface area contributed by atoms with Crippen molar-refractivity contribution in [3.05, 3.63) is 87.1 Å². The lowest BCUT2D eigenvalue weighted by Gasteiger charge is -1.96. The number of thiophene rings is 1. The molecule has 2 aromatic heterocycles.